The number of carbonyl (C=O) groups excluding carboxylic acids is 1. The van der Waals surface area contributed by atoms with E-state index in [0.717, 1.165) is 10.1 Å². The van der Waals surface area contributed by atoms with E-state index in [1.807, 2.05) is 6.92 Å². The summed E-state index contributed by atoms with van der Waals surface area (Å²) in [5.41, 5.74) is 0.360. The van der Waals surface area contributed by atoms with Crippen LogP contribution < -0.4 is 14.4 Å². The van der Waals surface area contributed by atoms with Crippen molar-refractivity contribution in [2.75, 3.05) is 21.9 Å². The Labute approximate surface area is 192 Å². The van der Waals surface area contributed by atoms with E-state index in [9.17, 15) is 13.2 Å². The summed E-state index contributed by atoms with van der Waals surface area (Å²) < 4.78 is 34.4. The normalized spacial score (nSPS) is 15.8. The first-order valence-electron chi connectivity index (χ1n) is 9.19. The van der Waals surface area contributed by atoms with Gasteiger partial charge in [0.25, 0.3) is 15.9 Å². The van der Waals surface area contributed by atoms with E-state index in [1.54, 1.807) is 24.3 Å². The highest BCUT2D eigenvalue weighted by Crippen LogP contribution is 2.37. The van der Waals surface area contributed by atoms with Crippen LogP contribution in [0.1, 0.15) is 6.92 Å². The second kappa shape index (κ2) is 9.03. The molecule has 0 saturated carbocycles. The van der Waals surface area contributed by atoms with Gasteiger partial charge in [0.05, 0.1) is 17.1 Å². The molecule has 31 heavy (non-hydrogen) atoms. The molecule has 8 nitrogen and oxygen atoms in total. The highest BCUT2D eigenvalue weighted by Gasteiger charge is 2.37. The van der Waals surface area contributed by atoms with Crippen molar-refractivity contribution >= 4 is 61.4 Å². The number of sulfonamides is 1. The molecule has 12 heteroatoms. The molecule has 0 bridgehead atoms. The maximum absolute atomic E-state index is 13.3. The third-order valence-corrected chi connectivity index (χ3v) is 8.23. The first kappa shape index (κ1) is 21.9. The van der Waals surface area contributed by atoms with Gasteiger partial charge in [-0.15, -0.1) is 10.2 Å². The Kier molecular flexibility index (Phi) is 6.37. The smallest absolute Gasteiger partial charge is 0.269 e. The predicted molar refractivity (Wildman–Crippen MR) is 122 cm³/mol. The Hall–Kier alpha value is -2.34. The number of fused-ring (bicyclic) bond motifs is 1. The molecule has 0 aliphatic carbocycles. The molecule has 0 radical (unpaired) electrons. The molecule has 3 aromatic rings. The topological polar surface area (TPSA) is 101 Å². The summed E-state index contributed by atoms with van der Waals surface area (Å²) in [5.74, 6) is 0.628. The van der Waals surface area contributed by atoms with Gasteiger partial charge in [-0.3, -0.25) is 14.4 Å². The number of nitrogens with one attached hydrogen (secondary N) is 1. The van der Waals surface area contributed by atoms with Crippen molar-refractivity contribution in [2.24, 2.45) is 0 Å². The monoisotopic (exact) mass is 496 g/mol. The molecule has 1 amide bonds. The predicted octanol–water partition coefficient (Wildman–Crippen LogP) is 3.90. The second-order valence-electron chi connectivity index (χ2n) is 6.36. The number of hydrogen-bond acceptors (Lipinski definition) is 8. The van der Waals surface area contributed by atoms with Crippen LogP contribution in [0.3, 0.4) is 0 Å². The van der Waals surface area contributed by atoms with Crippen LogP contribution in [0.2, 0.25) is 5.02 Å². The summed E-state index contributed by atoms with van der Waals surface area (Å²) in [7, 11) is -3.95. The third-order valence-electron chi connectivity index (χ3n) is 4.33. The Balaban J connectivity index is 1.62. The van der Waals surface area contributed by atoms with Gasteiger partial charge < -0.3 is 4.74 Å². The summed E-state index contributed by atoms with van der Waals surface area (Å²) >= 11 is 8.66. The molecule has 2 heterocycles. The second-order valence-corrected chi connectivity index (χ2v) is 11.1. The van der Waals surface area contributed by atoms with Gasteiger partial charge in [0.2, 0.25) is 5.13 Å². The minimum absolute atomic E-state index is 0.0677. The van der Waals surface area contributed by atoms with Gasteiger partial charge in [0.1, 0.15) is 5.75 Å². The van der Waals surface area contributed by atoms with Gasteiger partial charge in [-0.1, -0.05) is 53.8 Å². The molecular weight excluding hydrogens is 480 g/mol. The minimum Gasteiger partial charge on any atom is -0.476 e. The highest BCUT2D eigenvalue weighted by atomic mass is 35.5. The molecule has 0 saturated heterocycles. The molecule has 1 aliphatic heterocycles. The van der Waals surface area contributed by atoms with E-state index in [1.165, 1.54) is 51.7 Å². The van der Waals surface area contributed by atoms with Crippen molar-refractivity contribution in [3.05, 3.63) is 53.6 Å². The zero-order valence-corrected chi connectivity index (χ0v) is 19.4. The number of halogens is 1. The number of thioether (sulfide) groups is 1. The van der Waals surface area contributed by atoms with E-state index in [-0.39, 0.29) is 11.4 Å². The number of ether oxygens (including phenoxy) is 1. The van der Waals surface area contributed by atoms with E-state index in [2.05, 4.69) is 15.5 Å². The number of amides is 1. The molecular formula is C19H17ClN4O4S3. The molecule has 0 fully saturated rings. The summed E-state index contributed by atoms with van der Waals surface area (Å²) in [6.45, 7) is 1.80. The van der Waals surface area contributed by atoms with Gasteiger partial charge in [-0.25, -0.2) is 8.42 Å². The van der Waals surface area contributed by atoms with E-state index in [0.29, 0.717) is 21.6 Å². The lowest BCUT2D eigenvalue weighted by atomic mass is 10.2. The number of carbonyl (C=O) groups is 1. The van der Waals surface area contributed by atoms with Gasteiger partial charge in [-0.2, -0.15) is 0 Å². The van der Waals surface area contributed by atoms with Gasteiger partial charge in [0.15, 0.2) is 10.4 Å². The Morgan fingerprint density at radius 3 is 2.74 bits per heavy atom. The Bertz CT molecular complexity index is 1200. The lowest BCUT2D eigenvalue weighted by molar-refractivity contribution is -0.122. The van der Waals surface area contributed by atoms with E-state index in [4.69, 9.17) is 16.3 Å². The molecule has 1 aromatic heterocycles. The van der Waals surface area contributed by atoms with E-state index < -0.39 is 22.0 Å². The molecule has 1 atom stereocenters. The lowest BCUT2D eigenvalue weighted by Gasteiger charge is -2.34. The highest BCUT2D eigenvalue weighted by molar-refractivity contribution is 8.01. The van der Waals surface area contributed by atoms with Crippen molar-refractivity contribution < 1.29 is 17.9 Å². The standard InChI is InChI=1S/C19H17ClN4O4S3/c1-2-29-19-23-22-18(30-19)21-17(25)16-11-24(14-5-3-4-6-15(14)28-16)31(26,27)13-9-7-12(20)8-10-13/h3-10,16H,2,11H2,1H3,(H,21,22,25). The average molecular weight is 497 g/mol. The molecule has 1 aliphatic rings. The van der Waals surface area contributed by atoms with Crippen LogP contribution >= 0.6 is 34.7 Å². The van der Waals surface area contributed by atoms with Crippen LogP contribution in [-0.2, 0) is 14.8 Å². The molecule has 2 aromatic carbocycles. The molecule has 162 valence electrons. The van der Waals surface area contributed by atoms with E-state index >= 15 is 0 Å². The van der Waals surface area contributed by atoms with Gasteiger partial charge in [-0.05, 0) is 42.2 Å². The zero-order chi connectivity index (χ0) is 22.0. The first-order chi connectivity index (χ1) is 14.9. The van der Waals surface area contributed by atoms with Crippen LogP contribution in [0, 0.1) is 0 Å². The van der Waals surface area contributed by atoms with Crippen molar-refractivity contribution in [3.8, 4) is 5.75 Å². The SMILES string of the molecule is CCSc1nnc(NC(=O)C2CN(S(=O)(=O)c3ccc(Cl)cc3)c3ccccc3O2)s1. The van der Waals surface area contributed by atoms with Crippen LogP contribution in [0.25, 0.3) is 0 Å². The van der Waals surface area contributed by atoms with Crippen LogP contribution in [0.5, 0.6) is 5.75 Å². The first-order valence-corrected chi connectivity index (χ1v) is 12.8. The van der Waals surface area contributed by atoms with Crippen molar-refractivity contribution in [1.29, 1.82) is 0 Å². The minimum atomic E-state index is -3.95. The van der Waals surface area contributed by atoms with Crippen molar-refractivity contribution in [1.82, 2.24) is 10.2 Å². The maximum atomic E-state index is 13.3. The van der Waals surface area contributed by atoms with Crippen LogP contribution in [0.4, 0.5) is 10.8 Å². The molecule has 4 rings (SSSR count). The van der Waals surface area contributed by atoms with Gasteiger partial charge >= 0.3 is 0 Å². The average Bonchev–Trinajstić information content (AvgIpc) is 3.20. The molecule has 0 spiro atoms. The molecule has 1 unspecified atom stereocenters. The molecule has 1 N–H and O–H groups in total. The Morgan fingerprint density at radius 1 is 1.26 bits per heavy atom. The lowest BCUT2D eigenvalue weighted by Crippen LogP contribution is -2.48. The van der Waals surface area contributed by atoms with Crippen molar-refractivity contribution in [2.45, 2.75) is 22.3 Å². The zero-order valence-electron chi connectivity index (χ0n) is 16.2. The summed E-state index contributed by atoms with van der Waals surface area (Å²) in [6, 6.07) is 12.6. The number of aromatic nitrogens is 2. The summed E-state index contributed by atoms with van der Waals surface area (Å²) in [6.07, 6.45) is -1.07. The summed E-state index contributed by atoms with van der Waals surface area (Å²) in [5, 5.41) is 11.4. The quantitative estimate of drug-likeness (QED) is 0.408. The fourth-order valence-electron chi connectivity index (χ4n) is 2.93. The number of hydrogen-bond donors (Lipinski definition) is 1. The summed E-state index contributed by atoms with van der Waals surface area (Å²) in [4.78, 5) is 12.9. The third kappa shape index (κ3) is 4.64. The Morgan fingerprint density at radius 2 is 2.00 bits per heavy atom. The van der Waals surface area contributed by atoms with Crippen LogP contribution in [0.15, 0.2) is 57.8 Å². The number of nitrogens with zero attached hydrogens (tertiary/aromatic N) is 3. The number of rotatable bonds is 6. The number of para-hydroxylation sites is 2. The van der Waals surface area contributed by atoms with Gasteiger partial charge in [0, 0.05) is 5.02 Å². The van der Waals surface area contributed by atoms with Crippen LogP contribution in [-0.4, -0.2) is 42.9 Å². The fraction of sp³-hybridized carbons (Fsp3) is 0.211. The van der Waals surface area contributed by atoms with Crippen molar-refractivity contribution in [3.63, 3.8) is 0 Å². The fourth-order valence-corrected chi connectivity index (χ4v) is 6.18. The number of anilines is 2. The largest absolute Gasteiger partial charge is 0.476 e. The number of benzene rings is 2. The maximum Gasteiger partial charge on any atom is 0.269 e.